The van der Waals surface area contributed by atoms with Crippen molar-refractivity contribution in [1.82, 2.24) is 20.1 Å². The van der Waals surface area contributed by atoms with Crippen LogP contribution in [0.25, 0.3) is 16.8 Å². The van der Waals surface area contributed by atoms with Gasteiger partial charge in [0.15, 0.2) is 17.1 Å². The number of carbonyl (C=O) groups is 1. The molecule has 7 heteroatoms. The number of aromatic nitrogens is 3. The molecule has 1 aliphatic carbocycles. The number of hydrogen-bond acceptors (Lipinski definition) is 5. The molecule has 38 heavy (non-hydrogen) atoms. The molecule has 0 fully saturated rings. The number of ether oxygens (including phenoxy) is 1. The van der Waals surface area contributed by atoms with Gasteiger partial charge in [0.25, 0.3) is 0 Å². The monoisotopic (exact) mass is 518 g/mol. The summed E-state index contributed by atoms with van der Waals surface area (Å²) >= 11 is 1.36. The summed E-state index contributed by atoms with van der Waals surface area (Å²) < 4.78 is 8.11. The van der Waals surface area contributed by atoms with Crippen LogP contribution in [0.2, 0.25) is 0 Å². The van der Waals surface area contributed by atoms with E-state index in [1.54, 1.807) is 0 Å². The van der Waals surface area contributed by atoms with Gasteiger partial charge in [0, 0.05) is 5.69 Å². The normalized spacial score (nSPS) is 13.0. The maximum Gasteiger partial charge on any atom is 0.231 e. The zero-order valence-electron chi connectivity index (χ0n) is 20.8. The highest BCUT2D eigenvalue weighted by molar-refractivity contribution is 7.99. The van der Waals surface area contributed by atoms with E-state index in [0.29, 0.717) is 11.0 Å². The topological polar surface area (TPSA) is 69.0 Å². The van der Waals surface area contributed by atoms with Crippen LogP contribution in [0.1, 0.15) is 36.0 Å². The first-order valence-corrected chi connectivity index (χ1v) is 13.5. The first-order valence-electron chi connectivity index (χ1n) is 12.5. The van der Waals surface area contributed by atoms with Crippen LogP contribution in [0.15, 0.2) is 114 Å². The van der Waals surface area contributed by atoms with Gasteiger partial charge < -0.3 is 10.1 Å². The van der Waals surface area contributed by atoms with E-state index in [9.17, 15) is 4.79 Å². The quantitative estimate of drug-likeness (QED) is 0.241. The Morgan fingerprint density at radius 3 is 2.08 bits per heavy atom. The highest BCUT2D eigenvalue weighted by atomic mass is 32.2. The molecule has 0 radical (unpaired) electrons. The maximum absolute atomic E-state index is 13.2. The number of nitrogens with one attached hydrogen (secondary N) is 1. The number of nitrogens with zero attached hydrogens (tertiary/aromatic N) is 3. The minimum Gasteiger partial charge on any atom is -0.483 e. The number of rotatable bonds is 8. The van der Waals surface area contributed by atoms with Crippen molar-refractivity contribution >= 4 is 17.7 Å². The standard InChI is InChI=1S/C31H26N4O2S/c1-21(37-23-14-6-3-7-15-23)30-33-34-31(35(30)22-12-4-2-5-13-22)38-20-28(36)32-29-26-18-10-8-16-24(26)25-17-9-11-19-27(25)29/h2-19,21,29H,20H2,1H3,(H,32,36)/t21-/m1/s1. The molecule has 1 aromatic heterocycles. The van der Waals surface area contributed by atoms with Crippen LogP contribution in [0.3, 0.4) is 0 Å². The summed E-state index contributed by atoms with van der Waals surface area (Å²) in [6.07, 6.45) is -0.347. The number of para-hydroxylation sites is 2. The number of hydrogen-bond donors (Lipinski definition) is 1. The first-order chi connectivity index (χ1) is 18.7. The lowest BCUT2D eigenvalue weighted by molar-refractivity contribution is -0.119. The molecule has 0 unspecified atom stereocenters. The molecule has 0 saturated carbocycles. The number of carbonyl (C=O) groups excluding carboxylic acids is 1. The summed E-state index contributed by atoms with van der Waals surface area (Å²) in [4.78, 5) is 13.2. The molecule has 6 rings (SSSR count). The lowest BCUT2D eigenvalue weighted by atomic mass is 10.1. The summed E-state index contributed by atoms with van der Waals surface area (Å²) in [6, 6.07) is 35.9. The van der Waals surface area contributed by atoms with Crippen LogP contribution in [0, 0.1) is 0 Å². The molecule has 1 amide bonds. The molecular formula is C31H26N4O2S. The first kappa shape index (κ1) is 24.0. The second-order valence-electron chi connectivity index (χ2n) is 9.05. The summed E-state index contributed by atoms with van der Waals surface area (Å²) in [6.45, 7) is 1.95. The molecule has 0 bridgehead atoms. The highest BCUT2D eigenvalue weighted by Crippen LogP contribution is 2.43. The van der Waals surface area contributed by atoms with Crippen LogP contribution in [-0.2, 0) is 4.79 Å². The Kier molecular flexibility index (Phi) is 6.67. The van der Waals surface area contributed by atoms with E-state index >= 15 is 0 Å². The van der Waals surface area contributed by atoms with E-state index in [-0.39, 0.29) is 23.8 Å². The van der Waals surface area contributed by atoms with Gasteiger partial charge in [-0.15, -0.1) is 10.2 Å². The Labute approximate surface area is 225 Å². The van der Waals surface area contributed by atoms with E-state index in [4.69, 9.17) is 4.74 Å². The Morgan fingerprint density at radius 2 is 1.42 bits per heavy atom. The lowest BCUT2D eigenvalue weighted by Gasteiger charge is -2.17. The van der Waals surface area contributed by atoms with Gasteiger partial charge in [0.1, 0.15) is 5.75 Å². The van der Waals surface area contributed by atoms with Gasteiger partial charge >= 0.3 is 0 Å². The molecule has 1 aliphatic rings. The lowest BCUT2D eigenvalue weighted by Crippen LogP contribution is -2.29. The number of thioether (sulfide) groups is 1. The largest absolute Gasteiger partial charge is 0.483 e. The minimum atomic E-state index is -0.347. The van der Waals surface area contributed by atoms with Crippen LogP contribution < -0.4 is 10.1 Å². The molecule has 1 heterocycles. The van der Waals surface area contributed by atoms with Crippen LogP contribution in [0.4, 0.5) is 0 Å². The summed E-state index contributed by atoms with van der Waals surface area (Å²) in [5, 5.41) is 12.8. The van der Waals surface area contributed by atoms with Crippen molar-refractivity contribution in [3.05, 3.63) is 126 Å². The Morgan fingerprint density at radius 1 is 0.842 bits per heavy atom. The second kappa shape index (κ2) is 10.6. The van der Waals surface area contributed by atoms with Gasteiger partial charge in [0.05, 0.1) is 11.8 Å². The number of benzene rings is 4. The zero-order chi connectivity index (χ0) is 25.9. The van der Waals surface area contributed by atoms with Crippen molar-refractivity contribution in [2.24, 2.45) is 0 Å². The van der Waals surface area contributed by atoms with E-state index in [0.717, 1.165) is 22.6 Å². The zero-order valence-corrected chi connectivity index (χ0v) is 21.6. The molecule has 0 spiro atoms. The minimum absolute atomic E-state index is 0.0655. The molecule has 5 aromatic rings. The molecule has 188 valence electrons. The fourth-order valence-electron chi connectivity index (χ4n) is 4.86. The molecule has 1 atom stereocenters. The Bertz CT molecular complexity index is 1520. The average molecular weight is 519 g/mol. The SMILES string of the molecule is C[C@@H](Oc1ccccc1)c1nnc(SCC(=O)NC2c3ccccc3-c3ccccc32)n1-c1ccccc1. The van der Waals surface area contributed by atoms with Gasteiger partial charge in [-0.1, -0.05) is 96.7 Å². The van der Waals surface area contributed by atoms with Crippen molar-refractivity contribution in [2.45, 2.75) is 24.2 Å². The molecule has 0 saturated heterocycles. The van der Waals surface area contributed by atoms with E-state index < -0.39 is 0 Å². The summed E-state index contributed by atoms with van der Waals surface area (Å²) in [5.74, 6) is 1.57. The highest BCUT2D eigenvalue weighted by Gasteiger charge is 2.29. The van der Waals surface area contributed by atoms with Crippen LogP contribution in [-0.4, -0.2) is 26.4 Å². The van der Waals surface area contributed by atoms with Crippen molar-refractivity contribution in [3.8, 4) is 22.6 Å². The average Bonchev–Trinajstić information content (AvgIpc) is 3.53. The molecule has 1 N–H and O–H groups in total. The third kappa shape index (κ3) is 4.68. The number of amides is 1. The predicted octanol–water partition coefficient (Wildman–Crippen LogP) is 6.39. The summed E-state index contributed by atoms with van der Waals surface area (Å²) in [7, 11) is 0. The van der Waals surface area contributed by atoms with Crippen LogP contribution in [0.5, 0.6) is 5.75 Å². The molecule has 0 aliphatic heterocycles. The second-order valence-corrected chi connectivity index (χ2v) is 9.99. The number of fused-ring (bicyclic) bond motifs is 3. The van der Waals surface area contributed by atoms with Crippen LogP contribution >= 0.6 is 11.8 Å². The van der Waals surface area contributed by atoms with Crippen molar-refractivity contribution in [2.75, 3.05) is 5.75 Å². The van der Waals surface area contributed by atoms with Gasteiger partial charge in [-0.3, -0.25) is 9.36 Å². The van der Waals surface area contributed by atoms with Crippen molar-refractivity contribution in [1.29, 1.82) is 0 Å². The van der Waals surface area contributed by atoms with Gasteiger partial charge in [-0.2, -0.15) is 0 Å². The van der Waals surface area contributed by atoms with Crippen molar-refractivity contribution < 1.29 is 9.53 Å². The van der Waals surface area contributed by atoms with Gasteiger partial charge in [0.2, 0.25) is 5.91 Å². The van der Waals surface area contributed by atoms with Gasteiger partial charge in [-0.25, -0.2) is 0 Å². The predicted molar refractivity (Wildman–Crippen MR) is 149 cm³/mol. The van der Waals surface area contributed by atoms with E-state index in [2.05, 4.69) is 39.8 Å². The fraction of sp³-hybridized carbons (Fsp3) is 0.129. The smallest absolute Gasteiger partial charge is 0.231 e. The molecular weight excluding hydrogens is 492 g/mol. The molecule has 6 nitrogen and oxygen atoms in total. The van der Waals surface area contributed by atoms with Gasteiger partial charge in [-0.05, 0) is 53.4 Å². The molecule has 4 aromatic carbocycles. The maximum atomic E-state index is 13.2. The van der Waals surface area contributed by atoms with E-state index in [1.807, 2.05) is 96.4 Å². The summed E-state index contributed by atoms with van der Waals surface area (Å²) in [5.41, 5.74) is 5.49. The van der Waals surface area contributed by atoms with E-state index in [1.165, 1.54) is 22.9 Å². The van der Waals surface area contributed by atoms with Crippen molar-refractivity contribution in [3.63, 3.8) is 0 Å². The Hall–Kier alpha value is -4.36. The fourth-order valence-corrected chi connectivity index (χ4v) is 5.63. The Balaban J connectivity index is 1.22. The third-order valence-electron chi connectivity index (χ3n) is 6.56. The third-order valence-corrected chi connectivity index (χ3v) is 7.49.